The summed E-state index contributed by atoms with van der Waals surface area (Å²) in [5.41, 5.74) is 0.358. The van der Waals surface area contributed by atoms with Crippen molar-refractivity contribution in [1.82, 2.24) is 19.9 Å². The Labute approximate surface area is 160 Å². The van der Waals surface area contributed by atoms with Gasteiger partial charge in [0.2, 0.25) is 0 Å². The lowest BCUT2D eigenvalue weighted by atomic mass is 10.3. The van der Waals surface area contributed by atoms with Crippen molar-refractivity contribution in [2.75, 3.05) is 43.8 Å². The van der Waals surface area contributed by atoms with Crippen LogP contribution in [0.25, 0.3) is 0 Å². The third-order valence-corrected chi connectivity index (χ3v) is 3.97. The lowest BCUT2D eigenvalue weighted by molar-refractivity contribution is 0.0526. The van der Waals surface area contributed by atoms with Crippen LogP contribution in [0, 0.1) is 0 Å². The fourth-order valence-electron chi connectivity index (χ4n) is 1.65. The number of anilines is 2. The molecule has 0 spiro atoms. The van der Waals surface area contributed by atoms with Gasteiger partial charge in [0.25, 0.3) is 0 Å². The highest BCUT2D eigenvalue weighted by molar-refractivity contribution is 7.98. The van der Waals surface area contributed by atoms with Crippen LogP contribution in [-0.4, -0.2) is 64.2 Å². The Bertz CT molecular complexity index is 733. The number of nitrogens with zero attached hydrogens (tertiary/aromatic N) is 4. The molecule has 0 aliphatic heterocycles. The van der Waals surface area contributed by atoms with E-state index in [1.165, 1.54) is 35.9 Å². The first-order valence-corrected chi connectivity index (χ1v) is 9.99. The minimum absolute atomic E-state index is 0.0744. The monoisotopic (exact) mass is 398 g/mol. The molecule has 0 saturated heterocycles. The Kier molecular flexibility index (Phi) is 9.52. The Morgan fingerprint density at radius 1 is 1.08 bits per heavy atom. The Morgan fingerprint density at radius 2 is 1.62 bits per heavy atom. The van der Waals surface area contributed by atoms with E-state index in [4.69, 9.17) is 9.84 Å². The molecule has 0 saturated carbocycles. The number of nitrogens with one attached hydrogen (secondary N) is 2. The Balaban J connectivity index is 0.000000273. The van der Waals surface area contributed by atoms with Crippen LogP contribution in [0.15, 0.2) is 22.7 Å². The second kappa shape index (κ2) is 11.4. The third kappa shape index (κ3) is 6.23. The van der Waals surface area contributed by atoms with Crippen molar-refractivity contribution in [3.8, 4) is 5.75 Å². The van der Waals surface area contributed by atoms with E-state index in [9.17, 15) is 4.79 Å². The van der Waals surface area contributed by atoms with Crippen LogP contribution in [0.4, 0.5) is 11.6 Å². The molecule has 11 heteroatoms. The van der Waals surface area contributed by atoms with Gasteiger partial charge in [-0.05, 0) is 19.4 Å². The quantitative estimate of drug-likeness (QED) is 0.377. The summed E-state index contributed by atoms with van der Waals surface area (Å²) in [5, 5.41) is 16.0. The first-order valence-electron chi connectivity index (χ1n) is 7.54. The molecule has 0 fully saturated rings. The van der Waals surface area contributed by atoms with Gasteiger partial charge in [-0.25, -0.2) is 24.7 Å². The summed E-state index contributed by atoms with van der Waals surface area (Å²) in [6.45, 7) is 2.10. The Hall–Kier alpha value is -2.27. The second-order valence-corrected chi connectivity index (χ2v) is 5.98. The standard InChI is InChI=1S/C9H13N3O2S.C6H9N3OS/c1-4-14-8(13)6-5-11-9(15-3)12-7(6)10-2;1-7-5-4(10)3-8-6(9-5)11-2/h5H,4H2,1-3H3,(H,10,11,12);3,10H,1-2H3,(H,7,8,9). The lowest BCUT2D eigenvalue weighted by Gasteiger charge is -2.07. The molecule has 0 aliphatic carbocycles. The summed E-state index contributed by atoms with van der Waals surface area (Å²) >= 11 is 2.85. The van der Waals surface area contributed by atoms with Gasteiger partial charge in [-0.3, -0.25) is 0 Å². The fourth-order valence-corrected chi connectivity index (χ4v) is 2.34. The van der Waals surface area contributed by atoms with E-state index < -0.39 is 5.97 Å². The van der Waals surface area contributed by atoms with Crippen molar-refractivity contribution in [2.24, 2.45) is 0 Å². The molecule has 0 aromatic carbocycles. The van der Waals surface area contributed by atoms with Gasteiger partial charge in [0, 0.05) is 20.3 Å². The van der Waals surface area contributed by atoms with Crippen molar-refractivity contribution in [2.45, 2.75) is 17.2 Å². The third-order valence-electron chi connectivity index (χ3n) is 2.85. The molecule has 0 amide bonds. The molecule has 9 nitrogen and oxygen atoms in total. The summed E-state index contributed by atoms with van der Waals surface area (Å²) in [7, 11) is 3.40. The van der Waals surface area contributed by atoms with Crippen molar-refractivity contribution in [3.63, 3.8) is 0 Å². The molecule has 0 bridgehead atoms. The highest BCUT2D eigenvalue weighted by Gasteiger charge is 2.14. The van der Waals surface area contributed by atoms with Gasteiger partial charge in [0.05, 0.1) is 12.8 Å². The average molecular weight is 399 g/mol. The van der Waals surface area contributed by atoms with Crippen molar-refractivity contribution in [1.29, 1.82) is 0 Å². The molecule has 2 heterocycles. The molecule has 3 N–H and O–H groups in total. The molecule has 0 unspecified atom stereocenters. The highest BCUT2D eigenvalue weighted by atomic mass is 32.2. The van der Waals surface area contributed by atoms with Crippen LogP contribution in [-0.2, 0) is 4.74 Å². The number of ether oxygens (including phenoxy) is 1. The fraction of sp³-hybridized carbons (Fsp3) is 0.400. The summed E-state index contributed by atoms with van der Waals surface area (Å²) in [4.78, 5) is 27.5. The topological polar surface area (TPSA) is 122 Å². The van der Waals surface area contributed by atoms with Crippen LogP contribution < -0.4 is 10.6 Å². The molecule has 0 radical (unpaired) electrons. The largest absolute Gasteiger partial charge is 0.503 e. The molecule has 2 aromatic rings. The number of hydrogen-bond donors (Lipinski definition) is 3. The minimum Gasteiger partial charge on any atom is -0.503 e. The smallest absolute Gasteiger partial charge is 0.343 e. The first-order chi connectivity index (χ1) is 12.5. The molecular formula is C15H22N6O3S2. The lowest BCUT2D eigenvalue weighted by Crippen LogP contribution is -2.10. The van der Waals surface area contributed by atoms with Crippen molar-refractivity contribution >= 4 is 41.1 Å². The van der Waals surface area contributed by atoms with Gasteiger partial charge < -0.3 is 20.5 Å². The van der Waals surface area contributed by atoms with E-state index in [2.05, 4.69) is 30.6 Å². The van der Waals surface area contributed by atoms with Gasteiger partial charge in [-0.1, -0.05) is 23.5 Å². The number of carbonyl (C=O) groups excluding carboxylic acids is 1. The zero-order valence-electron chi connectivity index (χ0n) is 15.2. The van der Waals surface area contributed by atoms with Gasteiger partial charge in [-0.15, -0.1) is 0 Å². The maximum Gasteiger partial charge on any atom is 0.343 e. The molecule has 26 heavy (non-hydrogen) atoms. The molecule has 2 aromatic heterocycles. The summed E-state index contributed by atoms with van der Waals surface area (Å²) in [6, 6.07) is 0. The second-order valence-electron chi connectivity index (χ2n) is 4.43. The zero-order valence-corrected chi connectivity index (χ0v) is 16.9. The zero-order chi connectivity index (χ0) is 19.5. The predicted octanol–water partition coefficient (Wildman–Crippen LogP) is 2.36. The van der Waals surface area contributed by atoms with Crippen LogP contribution >= 0.6 is 23.5 Å². The maximum atomic E-state index is 11.5. The summed E-state index contributed by atoms with van der Waals surface area (Å²) in [5.74, 6) is 0.622. The van der Waals surface area contributed by atoms with Crippen LogP contribution in [0.2, 0.25) is 0 Å². The molecule has 2 rings (SSSR count). The van der Waals surface area contributed by atoms with E-state index in [0.29, 0.717) is 34.1 Å². The molecule has 0 atom stereocenters. The van der Waals surface area contributed by atoms with Crippen molar-refractivity contribution in [3.05, 3.63) is 18.0 Å². The number of rotatable bonds is 6. The average Bonchev–Trinajstić information content (AvgIpc) is 2.68. The molecule has 0 aliphatic rings. The number of aromatic hydroxyl groups is 1. The summed E-state index contributed by atoms with van der Waals surface area (Å²) < 4.78 is 4.88. The van der Waals surface area contributed by atoms with Crippen LogP contribution in [0.1, 0.15) is 17.3 Å². The van der Waals surface area contributed by atoms with E-state index in [1.807, 2.05) is 12.5 Å². The van der Waals surface area contributed by atoms with E-state index in [1.54, 1.807) is 21.0 Å². The van der Waals surface area contributed by atoms with E-state index in [-0.39, 0.29) is 5.75 Å². The molecular weight excluding hydrogens is 376 g/mol. The van der Waals surface area contributed by atoms with E-state index >= 15 is 0 Å². The first kappa shape index (κ1) is 21.8. The van der Waals surface area contributed by atoms with Crippen LogP contribution in [0.5, 0.6) is 5.75 Å². The summed E-state index contributed by atoms with van der Waals surface area (Å²) in [6.07, 6.45) is 6.61. The maximum absolute atomic E-state index is 11.5. The van der Waals surface area contributed by atoms with Crippen LogP contribution in [0.3, 0.4) is 0 Å². The number of aromatic nitrogens is 4. The Morgan fingerprint density at radius 3 is 2.12 bits per heavy atom. The highest BCUT2D eigenvalue weighted by Crippen LogP contribution is 2.20. The van der Waals surface area contributed by atoms with Gasteiger partial charge in [0.15, 0.2) is 21.9 Å². The van der Waals surface area contributed by atoms with Crippen molar-refractivity contribution < 1.29 is 14.6 Å². The normalized spacial score (nSPS) is 9.73. The SMILES string of the molecule is CCOC(=O)c1cnc(SC)nc1NC.CNc1nc(SC)ncc1O. The number of thioether (sulfide) groups is 2. The minimum atomic E-state index is -0.408. The molecule has 142 valence electrons. The predicted molar refractivity (Wildman–Crippen MR) is 104 cm³/mol. The van der Waals surface area contributed by atoms with Gasteiger partial charge in [-0.2, -0.15) is 0 Å². The van der Waals surface area contributed by atoms with E-state index in [0.717, 1.165) is 0 Å². The number of hydrogen-bond acceptors (Lipinski definition) is 11. The van der Waals surface area contributed by atoms with Gasteiger partial charge >= 0.3 is 5.97 Å². The van der Waals surface area contributed by atoms with Gasteiger partial charge in [0.1, 0.15) is 11.4 Å². The number of carbonyl (C=O) groups is 1. The number of esters is 1.